The molecule has 0 radical (unpaired) electrons. The van der Waals surface area contributed by atoms with Crippen LogP contribution in [0.5, 0.6) is 11.5 Å². The Morgan fingerprint density at radius 1 is 0.931 bits per heavy atom. The molecule has 0 aromatic heterocycles. The number of benzene rings is 2. The largest absolute Gasteiger partial charge is 0.493 e. The van der Waals surface area contributed by atoms with E-state index in [1.54, 1.807) is 49.5 Å². The molecule has 0 spiro atoms. The second kappa shape index (κ2) is 10.3. The van der Waals surface area contributed by atoms with Crippen LogP contribution in [-0.4, -0.2) is 43.3 Å². The fraction of sp³-hybridized carbons (Fsp3) is 0.318. The zero-order chi connectivity index (χ0) is 21.4. The number of nitrogens with one attached hydrogen (secondary N) is 1. The normalized spacial score (nSPS) is 10.2. The molecule has 0 aliphatic heterocycles. The van der Waals surface area contributed by atoms with Gasteiger partial charge in [0.05, 0.1) is 14.2 Å². The van der Waals surface area contributed by atoms with Gasteiger partial charge in [0.1, 0.15) is 0 Å². The Morgan fingerprint density at radius 3 is 2.14 bits per heavy atom. The van der Waals surface area contributed by atoms with Crippen molar-refractivity contribution in [2.75, 3.05) is 26.1 Å². The molecule has 0 unspecified atom stereocenters. The lowest BCUT2D eigenvalue weighted by Crippen LogP contribution is -2.31. The van der Waals surface area contributed by atoms with Crippen LogP contribution < -0.4 is 14.8 Å². The van der Waals surface area contributed by atoms with E-state index in [9.17, 15) is 14.4 Å². The second-order valence-electron chi connectivity index (χ2n) is 6.56. The van der Waals surface area contributed by atoms with E-state index in [4.69, 9.17) is 9.47 Å². The Balaban J connectivity index is 1.95. The summed E-state index contributed by atoms with van der Waals surface area (Å²) in [4.78, 5) is 37.2. The fourth-order valence-corrected chi connectivity index (χ4v) is 2.80. The molecule has 0 aliphatic rings. The van der Waals surface area contributed by atoms with Gasteiger partial charge in [0.15, 0.2) is 17.3 Å². The van der Waals surface area contributed by atoms with Gasteiger partial charge in [0, 0.05) is 37.7 Å². The number of carbonyl (C=O) groups is 3. The van der Waals surface area contributed by atoms with E-state index in [0.29, 0.717) is 29.3 Å². The summed E-state index contributed by atoms with van der Waals surface area (Å²) in [5, 5.41) is 2.77. The number of hydrogen-bond acceptors (Lipinski definition) is 5. The number of carbonyl (C=O) groups excluding carboxylic acids is 3. The smallest absolute Gasteiger partial charge is 0.226 e. The average molecular weight is 398 g/mol. The minimum atomic E-state index is -0.209. The van der Waals surface area contributed by atoms with Crippen molar-refractivity contribution in [3.63, 3.8) is 0 Å². The van der Waals surface area contributed by atoms with Crippen LogP contribution in [0.25, 0.3) is 0 Å². The molecular weight excluding hydrogens is 372 g/mol. The molecular formula is C22H26N2O5. The van der Waals surface area contributed by atoms with E-state index < -0.39 is 0 Å². The van der Waals surface area contributed by atoms with Crippen molar-refractivity contribution in [3.8, 4) is 11.5 Å². The molecule has 7 nitrogen and oxygen atoms in total. The van der Waals surface area contributed by atoms with E-state index in [0.717, 1.165) is 5.56 Å². The van der Waals surface area contributed by atoms with Gasteiger partial charge < -0.3 is 19.7 Å². The summed E-state index contributed by atoms with van der Waals surface area (Å²) in [6.45, 7) is 3.60. The summed E-state index contributed by atoms with van der Waals surface area (Å²) in [6, 6.07) is 12.1. The number of rotatable bonds is 9. The highest BCUT2D eigenvalue weighted by molar-refractivity contribution is 5.95. The monoisotopic (exact) mass is 398 g/mol. The van der Waals surface area contributed by atoms with Crippen LogP contribution in [0.3, 0.4) is 0 Å². The molecule has 2 aromatic rings. The van der Waals surface area contributed by atoms with Gasteiger partial charge in [-0.15, -0.1) is 0 Å². The number of ether oxygens (including phenoxy) is 2. The van der Waals surface area contributed by atoms with Crippen molar-refractivity contribution in [2.24, 2.45) is 0 Å². The maximum absolute atomic E-state index is 12.2. The maximum Gasteiger partial charge on any atom is 0.226 e. The lowest BCUT2D eigenvalue weighted by atomic mass is 10.1. The van der Waals surface area contributed by atoms with Crippen molar-refractivity contribution in [1.82, 2.24) is 4.90 Å². The van der Waals surface area contributed by atoms with Gasteiger partial charge in [-0.1, -0.05) is 6.07 Å². The van der Waals surface area contributed by atoms with E-state index in [2.05, 4.69) is 5.32 Å². The molecule has 154 valence electrons. The Hall–Kier alpha value is -3.35. The Morgan fingerprint density at radius 2 is 1.59 bits per heavy atom. The molecule has 0 fully saturated rings. The highest BCUT2D eigenvalue weighted by Gasteiger charge is 2.14. The van der Waals surface area contributed by atoms with Crippen LogP contribution in [0.1, 0.15) is 36.2 Å². The summed E-state index contributed by atoms with van der Waals surface area (Å²) < 4.78 is 10.5. The Kier molecular flexibility index (Phi) is 7.77. The van der Waals surface area contributed by atoms with Crippen LogP contribution in [0, 0.1) is 0 Å². The van der Waals surface area contributed by atoms with E-state index in [1.165, 1.54) is 13.8 Å². The van der Waals surface area contributed by atoms with E-state index >= 15 is 0 Å². The van der Waals surface area contributed by atoms with Crippen molar-refractivity contribution < 1.29 is 23.9 Å². The lowest BCUT2D eigenvalue weighted by Gasteiger charge is -2.21. The van der Waals surface area contributed by atoms with Gasteiger partial charge >= 0.3 is 0 Å². The summed E-state index contributed by atoms with van der Waals surface area (Å²) in [6.07, 6.45) is 0.154. The third-order valence-corrected chi connectivity index (χ3v) is 4.45. The standard InChI is InChI=1S/C22H26N2O5/c1-15(25)18-6-8-19(9-7-18)23-22(27)11-12-24(16(2)26)14-17-5-10-20(28-3)21(13-17)29-4/h5-10,13H,11-12,14H2,1-4H3,(H,23,27). The SMILES string of the molecule is COc1ccc(CN(CCC(=O)Nc2ccc(C(C)=O)cc2)C(C)=O)cc1OC. The molecule has 2 aromatic carbocycles. The number of nitrogens with zero attached hydrogens (tertiary/aromatic N) is 1. The van der Waals surface area contributed by atoms with Gasteiger partial charge in [-0.3, -0.25) is 14.4 Å². The first-order valence-electron chi connectivity index (χ1n) is 9.21. The predicted molar refractivity (Wildman–Crippen MR) is 110 cm³/mol. The molecule has 7 heteroatoms. The van der Waals surface area contributed by atoms with Crippen molar-refractivity contribution in [2.45, 2.75) is 26.8 Å². The molecule has 0 atom stereocenters. The molecule has 0 heterocycles. The lowest BCUT2D eigenvalue weighted by molar-refractivity contribution is -0.129. The Labute approximate surface area is 170 Å². The number of Topliss-reactive ketones (excluding diaryl/α,β-unsaturated/α-hetero) is 1. The first-order valence-corrected chi connectivity index (χ1v) is 9.21. The van der Waals surface area contributed by atoms with Crippen LogP contribution in [0.4, 0.5) is 5.69 Å². The topological polar surface area (TPSA) is 84.9 Å². The molecule has 0 saturated carbocycles. The number of hydrogen-bond donors (Lipinski definition) is 1. The van der Waals surface area contributed by atoms with Gasteiger partial charge in [-0.05, 0) is 48.9 Å². The first kappa shape index (κ1) is 21.9. The Bertz CT molecular complexity index is 877. The number of amides is 2. The molecule has 29 heavy (non-hydrogen) atoms. The zero-order valence-corrected chi connectivity index (χ0v) is 17.2. The predicted octanol–water partition coefficient (Wildman–Crippen LogP) is 3.28. The van der Waals surface area contributed by atoms with Crippen molar-refractivity contribution >= 4 is 23.3 Å². The van der Waals surface area contributed by atoms with Crippen LogP contribution in [-0.2, 0) is 16.1 Å². The zero-order valence-electron chi connectivity index (χ0n) is 17.2. The van der Waals surface area contributed by atoms with Gasteiger partial charge in [-0.25, -0.2) is 0 Å². The third kappa shape index (κ3) is 6.34. The molecule has 0 saturated heterocycles. The van der Waals surface area contributed by atoms with E-state index in [-0.39, 0.29) is 30.6 Å². The number of anilines is 1. The highest BCUT2D eigenvalue weighted by Crippen LogP contribution is 2.28. The third-order valence-electron chi connectivity index (χ3n) is 4.45. The van der Waals surface area contributed by atoms with Crippen molar-refractivity contribution in [1.29, 1.82) is 0 Å². The summed E-state index contributed by atoms with van der Waals surface area (Å²) in [5.74, 6) is 0.828. The fourth-order valence-electron chi connectivity index (χ4n) is 2.80. The van der Waals surface area contributed by atoms with Crippen molar-refractivity contribution in [3.05, 3.63) is 53.6 Å². The van der Waals surface area contributed by atoms with Crippen LogP contribution in [0.2, 0.25) is 0 Å². The van der Waals surface area contributed by atoms with Crippen LogP contribution in [0.15, 0.2) is 42.5 Å². The summed E-state index contributed by atoms with van der Waals surface area (Å²) in [5.41, 5.74) is 2.06. The number of methoxy groups -OCH3 is 2. The second-order valence-corrected chi connectivity index (χ2v) is 6.56. The van der Waals surface area contributed by atoms with Gasteiger partial charge in [0.2, 0.25) is 11.8 Å². The van der Waals surface area contributed by atoms with E-state index in [1.807, 2.05) is 12.1 Å². The highest BCUT2D eigenvalue weighted by atomic mass is 16.5. The molecule has 2 amide bonds. The summed E-state index contributed by atoms with van der Waals surface area (Å²) >= 11 is 0. The minimum Gasteiger partial charge on any atom is -0.493 e. The number of ketones is 1. The molecule has 2 rings (SSSR count). The first-order chi connectivity index (χ1) is 13.8. The van der Waals surface area contributed by atoms with Crippen LogP contribution >= 0.6 is 0 Å². The van der Waals surface area contributed by atoms with Gasteiger partial charge in [0.25, 0.3) is 0 Å². The quantitative estimate of drug-likeness (QED) is 0.655. The maximum atomic E-state index is 12.2. The molecule has 0 bridgehead atoms. The molecule has 0 aliphatic carbocycles. The minimum absolute atomic E-state index is 0.0323. The molecule has 1 N–H and O–H groups in total. The average Bonchev–Trinajstić information content (AvgIpc) is 2.71. The van der Waals surface area contributed by atoms with Gasteiger partial charge in [-0.2, -0.15) is 0 Å². The summed E-state index contributed by atoms with van der Waals surface area (Å²) in [7, 11) is 3.11.